The predicted octanol–water partition coefficient (Wildman–Crippen LogP) is 14.2. The average Bonchev–Trinajstić information content (AvgIpc) is 3.95. The van der Waals surface area contributed by atoms with Gasteiger partial charge in [0, 0.05) is 47.7 Å². The Labute approximate surface area is 343 Å². The van der Waals surface area contributed by atoms with Gasteiger partial charge < -0.3 is 9.80 Å². The van der Waals surface area contributed by atoms with Gasteiger partial charge in [-0.05, 0) is 62.3 Å². The summed E-state index contributed by atoms with van der Waals surface area (Å²) in [5, 5.41) is 0. The van der Waals surface area contributed by atoms with E-state index in [0.29, 0.717) is 24.5 Å². The fourth-order valence-electron chi connectivity index (χ4n) is 5.59. The first-order valence-corrected chi connectivity index (χ1v) is 19.1. The first-order valence-electron chi connectivity index (χ1n) is 19.1. The molecule has 0 spiro atoms. The maximum absolute atomic E-state index is 14.1. The van der Waals surface area contributed by atoms with Crippen molar-refractivity contribution in [2.24, 2.45) is 0 Å². The molecule has 288 valence electrons. The quantitative estimate of drug-likeness (QED) is 0.0544. The molecule has 0 bridgehead atoms. The van der Waals surface area contributed by atoms with Crippen molar-refractivity contribution in [1.29, 1.82) is 0 Å². The van der Waals surface area contributed by atoms with Gasteiger partial charge in [0.15, 0.2) is 0 Å². The minimum Gasteiger partial charge on any atom is -0.392 e. The Morgan fingerprint density at radius 3 is 1.16 bits per heavy atom. The van der Waals surface area contributed by atoms with E-state index in [0.717, 1.165) is 73.9 Å². The topological polar surface area (TPSA) is 6.48 Å². The summed E-state index contributed by atoms with van der Waals surface area (Å²) < 4.78 is 54.4. The molecule has 0 saturated heterocycles. The Morgan fingerprint density at radius 2 is 0.891 bits per heavy atom. The molecule has 0 fully saturated rings. The van der Waals surface area contributed by atoms with Gasteiger partial charge in [-0.15, -0.1) is 49.2 Å². The van der Waals surface area contributed by atoms with Crippen LogP contribution in [0.15, 0.2) is 109 Å². The molecule has 2 aliphatic rings. The largest absolute Gasteiger partial charge is 4.00 e. The van der Waals surface area contributed by atoms with Crippen molar-refractivity contribution in [3.63, 3.8) is 0 Å². The van der Waals surface area contributed by atoms with Crippen LogP contribution < -0.4 is 9.80 Å². The van der Waals surface area contributed by atoms with E-state index in [2.05, 4.69) is 50.3 Å². The first-order chi connectivity index (χ1) is 26.2. The second kappa shape index (κ2) is 27.5. The van der Waals surface area contributed by atoms with E-state index in [1.54, 1.807) is 0 Å². The number of anilines is 4. The van der Waals surface area contributed by atoms with Gasteiger partial charge >= 0.3 is 21.7 Å². The molecule has 0 heterocycles. The fraction of sp³-hybridized carbons (Fsp3) is 0.333. The van der Waals surface area contributed by atoms with Crippen LogP contribution in [-0.4, -0.2) is 13.1 Å². The number of nitrogens with zero attached hydrogens (tertiary/aromatic N) is 2. The van der Waals surface area contributed by atoms with E-state index in [9.17, 15) is 17.6 Å². The third-order valence-electron chi connectivity index (χ3n) is 8.60. The van der Waals surface area contributed by atoms with Crippen molar-refractivity contribution in [3.8, 4) is 0 Å². The molecule has 4 aromatic rings. The van der Waals surface area contributed by atoms with Crippen molar-refractivity contribution < 1.29 is 39.3 Å². The molecule has 0 N–H and O–H groups in total. The maximum atomic E-state index is 14.1. The molecule has 0 aromatic heterocycles. The molecular formula is C48H54F4N2Ti. The van der Waals surface area contributed by atoms with Crippen LogP contribution >= 0.6 is 0 Å². The standard InChI is InChI=1S/2C19H22F2N.2C5H5.Ti/c2*1-3-4-5-6-13-22(17-10-7-15(2)8-11-17)19-12-9-16(20)14-18(19)21;2*1-2-4-5-3-1;/h2*7-12H,3-6,13H2,1-2H3;2*1-3H,4H2;/q4*-1;+4. The van der Waals surface area contributed by atoms with E-state index >= 15 is 0 Å². The zero-order valence-corrected chi connectivity index (χ0v) is 34.3. The van der Waals surface area contributed by atoms with E-state index < -0.39 is 23.3 Å². The van der Waals surface area contributed by atoms with Crippen LogP contribution in [0.25, 0.3) is 0 Å². The number of aryl methyl sites for hydroxylation is 2. The maximum Gasteiger partial charge on any atom is 4.00 e. The SMILES string of the molecule is CCCCCCN(c1ccc(C)cc1)c1ccc(F)[c-]c1F.CCCCCCN(c1ccc(C)cc1)c1ccc(F)[c-]c1F.[C-]1=CC=CC1.[C-]1=CC=CC1.[Ti+4]. The average molecular weight is 783 g/mol. The minimum absolute atomic E-state index is 0. The van der Waals surface area contributed by atoms with Gasteiger partial charge in [-0.25, -0.2) is 41.9 Å². The van der Waals surface area contributed by atoms with E-state index in [1.165, 1.54) is 37.1 Å². The number of halogens is 4. The molecule has 7 heteroatoms. The van der Waals surface area contributed by atoms with Gasteiger partial charge in [0.25, 0.3) is 0 Å². The Balaban J connectivity index is 0.000000298. The van der Waals surface area contributed by atoms with Gasteiger partial charge in [-0.1, -0.05) is 87.8 Å². The monoisotopic (exact) mass is 782 g/mol. The molecule has 0 atom stereocenters. The number of hydrogen-bond donors (Lipinski definition) is 0. The molecule has 0 aliphatic heterocycles. The van der Waals surface area contributed by atoms with Crippen molar-refractivity contribution in [3.05, 3.63) is 168 Å². The Kier molecular flexibility index (Phi) is 23.5. The van der Waals surface area contributed by atoms with Crippen LogP contribution in [0, 0.1) is 61.4 Å². The molecule has 0 unspecified atom stereocenters. The minimum atomic E-state index is -0.670. The summed E-state index contributed by atoms with van der Waals surface area (Å²) in [5.41, 5.74) is 4.90. The van der Waals surface area contributed by atoms with E-state index in [-0.39, 0.29) is 21.7 Å². The van der Waals surface area contributed by atoms with Crippen LogP contribution in [0.1, 0.15) is 89.2 Å². The summed E-state index contributed by atoms with van der Waals surface area (Å²) >= 11 is 0. The predicted molar refractivity (Wildman–Crippen MR) is 218 cm³/mol. The molecule has 0 saturated carbocycles. The molecule has 0 amide bonds. The van der Waals surface area contributed by atoms with E-state index in [1.807, 2.05) is 96.5 Å². The third-order valence-corrected chi connectivity index (χ3v) is 8.60. The van der Waals surface area contributed by atoms with Gasteiger partial charge in [-0.3, -0.25) is 12.2 Å². The Morgan fingerprint density at radius 1 is 0.509 bits per heavy atom. The molecular weight excluding hydrogens is 728 g/mol. The van der Waals surface area contributed by atoms with Crippen LogP contribution in [0.5, 0.6) is 0 Å². The van der Waals surface area contributed by atoms with Crippen molar-refractivity contribution in [2.45, 2.75) is 91.9 Å². The summed E-state index contributed by atoms with van der Waals surface area (Å²) in [4.78, 5) is 3.81. The van der Waals surface area contributed by atoms with Gasteiger partial charge in [0.1, 0.15) is 0 Å². The number of benzene rings is 4. The molecule has 0 radical (unpaired) electrons. The molecule has 55 heavy (non-hydrogen) atoms. The fourth-order valence-corrected chi connectivity index (χ4v) is 5.59. The third kappa shape index (κ3) is 17.9. The molecule has 2 aliphatic carbocycles. The van der Waals surface area contributed by atoms with Crippen LogP contribution in [0.2, 0.25) is 0 Å². The summed E-state index contributed by atoms with van der Waals surface area (Å²) in [7, 11) is 0. The van der Waals surface area contributed by atoms with Gasteiger partial charge in [-0.2, -0.15) is 12.2 Å². The molecule has 6 rings (SSSR count). The zero-order chi connectivity index (χ0) is 39.0. The van der Waals surface area contributed by atoms with Crippen molar-refractivity contribution in [1.82, 2.24) is 0 Å². The summed E-state index contributed by atoms with van der Waals surface area (Å²) in [6.07, 6.45) is 28.8. The van der Waals surface area contributed by atoms with Crippen molar-refractivity contribution >= 4 is 22.7 Å². The number of rotatable bonds is 14. The van der Waals surface area contributed by atoms with Crippen molar-refractivity contribution in [2.75, 3.05) is 22.9 Å². The van der Waals surface area contributed by atoms with Gasteiger partial charge in [0.05, 0.1) is 0 Å². The summed E-state index contributed by atoms with van der Waals surface area (Å²) in [6, 6.07) is 25.6. The molecule has 4 aromatic carbocycles. The zero-order valence-electron chi connectivity index (χ0n) is 32.8. The second-order valence-electron chi connectivity index (χ2n) is 13.1. The Hall–Kier alpha value is -4.13. The number of allylic oxidation sites excluding steroid dienone is 8. The van der Waals surface area contributed by atoms with Gasteiger partial charge in [0.2, 0.25) is 0 Å². The Bertz CT molecular complexity index is 1610. The van der Waals surface area contributed by atoms with Crippen LogP contribution in [-0.2, 0) is 21.7 Å². The number of unbranched alkanes of at least 4 members (excludes halogenated alkanes) is 6. The first kappa shape index (κ1) is 47.0. The smallest absolute Gasteiger partial charge is 0.392 e. The summed E-state index contributed by atoms with van der Waals surface area (Å²) in [5.74, 6) is -2.63. The van der Waals surface area contributed by atoms with E-state index in [4.69, 9.17) is 0 Å². The molecule has 2 nitrogen and oxygen atoms in total. The van der Waals surface area contributed by atoms with Crippen LogP contribution in [0.4, 0.5) is 40.3 Å². The second-order valence-corrected chi connectivity index (χ2v) is 13.1. The van der Waals surface area contributed by atoms with Crippen LogP contribution in [0.3, 0.4) is 0 Å². The summed E-state index contributed by atoms with van der Waals surface area (Å²) in [6.45, 7) is 9.76. The number of hydrogen-bond acceptors (Lipinski definition) is 2. The normalized spacial score (nSPS) is 11.8.